The Morgan fingerprint density at radius 3 is 3.12 bits per heavy atom. The SMILES string of the molecule is N#Cc1ccncc1N1CCC(C(=O)O)C1. The molecule has 5 heteroatoms. The van der Waals surface area contributed by atoms with Gasteiger partial charge in [0.05, 0.1) is 23.4 Å². The van der Waals surface area contributed by atoms with Gasteiger partial charge < -0.3 is 10.0 Å². The Morgan fingerprint density at radius 2 is 2.50 bits per heavy atom. The normalized spacial score (nSPS) is 19.4. The summed E-state index contributed by atoms with van der Waals surface area (Å²) in [7, 11) is 0. The van der Waals surface area contributed by atoms with Gasteiger partial charge in [-0.15, -0.1) is 0 Å². The first kappa shape index (κ1) is 10.4. The predicted octanol–water partition coefficient (Wildman–Crippen LogP) is 0.864. The molecule has 1 aliphatic heterocycles. The summed E-state index contributed by atoms with van der Waals surface area (Å²) in [5, 5.41) is 17.8. The number of carboxylic acid groups (broad SMARTS) is 1. The third kappa shape index (κ3) is 1.82. The fourth-order valence-electron chi connectivity index (χ4n) is 1.91. The monoisotopic (exact) mass is 217 g/mol. The lowest BCUT2D eigenvalue weighted by Crippen LogP contribution is -2.23. The number of rotatable bonds is 2. The van der Waals surface area contributed by atoms with Gasteiger partial charge in [-0.2, -0.15) is 5.26 Å². The number of anilines is 1. The molecule has 1 fully saturated rings. The summed E-state index contributed by atoms with van der Waals surface area (Å²) in [4.78, 5) is 16.7. The topological polar surface area (TPSA) is 77.2 Å². The number of nitrogens with zero attached hydrogens (tertiary/aromatic N) is 3. The lowest BCUT2D eigenvalue weighted by atomic mass is 10.1. The van der Waals surface area contributed by atoms with Crippen molar-refractivity contribution in [1.82, 2.24) is 4.98 Å². The van der Waals surface area contributed by atoms with Crippen LogP contribution >= 0.6 is 0 Å². The van der Waals surface area contributed by atoms with Gasteiger partial charge in [0.25, 0.3) is 0 Å². The molecule has 0 spiro atoms. The fourth-order valence-corrected chi connectivity index (χ4v) is 1.91. The minimum Gasteiger partial charge on any atom is -0.481 e. The van der Waals surface area contributed by atoms with Gasteiger partial charge in [-0.3, -0.25) is 9.78 Å². The quantitative estimate of drug-likeness (QED) is 0.795. The maximum Gasteiger partial charge on any atom is 0.308 e. The molecular formula is C11H11N3O2. The summed E-state index contributed by atoms with van der Waals surface area (Å²) in [5.41, 5.74) is 1.27. The van der Waals surface area contributed by atoms with Crippen molar-refractivity contribution >= 4 is 11.7 Å². The summed E-state index contributed by atoms with van der Waals surface area (Å²) in [6, 6.07) is 3.73. The van der Waals surface area contributed by atoms with Crippen LogP contribution in [0.4, 0.5) is 5.69 Å². The number of aromatic nitrogens is 1. The molecule has 0 radical (unpaired) electrons. The van der Waals surface area contributed by atoms with Crippen molar-refractivity contribution in [1.29, 1.82) is 5.26 Å². The van der Waals surface area contributed by atoms with E-state index in [2.05, 4.69) is 11.1 Å². The van der Waals surface area contributed by atoms with Crippen LogP contribution in [0.25, 0.3) is 0 Å². The van der Waals surface area contributed by atoms with E-state index in [1.54, 1.807) is 18.5 Å². The van der Waals surface area contributed by atoms with Gasteiger partial charge in [0.15, 0.2) is 0 Å². The number of nitriles is 1. The number of hydrogen-bond acceptors (Lipinski definition) is 4. The zero-order valence-electron chi connectivity index (χ0n) is 8.63. The Bertz CT molecular complexity index is 453. The molecule has 5 nitrogen and oxygen atoms in total. The van der Waals surface area contributed by atoms with Gasteiger partial charge in [-0.25, -0.2) is 0 Å². The number of aliphatic carboxylic acids is 1. The van der Waals surface area contributed by atoms with Crippen LogP contribution in [-0.4, -0.2) is 29.1 Å². The minimum atomic E-state index is -0.773. The maximum absolute atomic E-state index is 10.8. The van der Waals surface area contributed by atoms with Crippen LogP contribution in [0.5, 0.6) is 0 Å². The van der Waals surface area contributed by atoms with Crippen LogP contribution < -0.4 is 4.90 Å². The van der Waals surface area contributed by atoms with Gasteiger partial charge in [0.1, 0.15) is 6.07 Å². The van der Waals surface area contributed by atoms with Crippen LogP contribution in [0.2, 0.25) is 0 Å². The highest BCUT2D eigenvalue weighted by Gasteiger charge is 2.29. The molecule has 1 aromatic heterocycles. The van der Waals surface area contributed by atoms with E-state index in [0.29, 0.717) is 25.1 Å². The molecule has 1 unspecified atom stereocenters. The molecule has 1 N–H and O–H groups in total. The highest BCUT2D eigenvalue weighted by molar-refractivity contribution is 5.72. The van der Waals surface area contributed by atoms with E-state index in [1.807, 2.05) is 4.90 Å². The number of pyridine rings is 1. The first-order valence-electron chi connectivity index (χ1n) is 5.04. The van der Waals surface area contributed by atoms with Gasteiger partial charge in [-0.1, -0.05) is 0 Å². The van der Waals surface area contributed by atoms with Crippen molar-refractivity contribution in [2.45, 2.75) is 6.42 Å². The highest BCUT2D eigenvalue weighted by atomic mass is 16.4. The van der Waals surface area contributed by atoms with Crippen molar-refractivity contribution in [3.8, 4) is 6.07 Å². The van der Waals surface area contributed by atoms with Crippen molar-refractivity contribution in [2.24, 2.45) is 5.92 Å². The molecule has 82 valence electrons. The second-order valence-electron chi connectivity index (χ2n) is 3.77. The molecule has 0 aliphatic carbocycles. The maximum atomic E-state index is 10.8. The Morgan fingerprint density at radius 1 is 1.69 bits per heavy atom. The molecule has 2 heterocycles. The van der Waals surface area contributed by atoms with Gasteiger partial charge >= 0.3 is 5.97 Å². The smallest absolute Gasteiger partial charge is 0.308 e. The molecule has 0 bridgehead atoms. The van der Waals surface area contributed by atoms with Crippen molar-refractivity contribution in [3.05, 3.63) is 24.0 Å². The first-order valence-corrected chi connectivity index (χ1v) is 5.04. The lowest BCUT2D eigenvalue weighted by molar-refractivity contribution is -0.140. The van der Waals surface area contributed by atoms with Crippen LogP contribution in [0.3, 0.4) is 0 Å². The van der Waals surface area contributed by atoms with Gasteiger partial charge in [0, 0.05) is 19.3 Å². The van der Waals surface area contributed by atoms with E-state index >= 15 is 0 Å². The standard InChI is InChI=1S/C11H11N3O2/c12-5-8-1-3-13-6-10(8)14-4-2-9(7-14)11(15)16/h1,3,6,9H,2,4,7H2,(H,15,16). The van der Waals surface area contributed by atoms with Crippen molar-refractivity contribution in [2.75, 3.05) is 18.0 Å². The summed E-state index contributed by atoms with van der Waals surface area (Å²) in [6.45, 7) is 1.12. The molecule has 0 aromatic carbocycles. The van der Waals surface area contributed by atoms with Crippen LogP contribution in [0.15, 0.2) is 18.5 Å². The summed E-state index contributed by atoms with van der Waals surface area (Å²) < 4.78 is 0. The van der Waals surface area contributed by atoms with E-state index in [4.69, 9.17) is 10.4 Å². The second kappa shape index (κ2) is 4.19. The third-order valence-electron chi connectivity index (χ3n) is 2.80. The number of carboxylic acids is 1. The van der Waals surface area contributed by atoms with Crippen LogP contribution in [0, 0.1) is 17.2 Å². The minimum absolute atomic E-state index is 0.341. The molecule has 1 saturated heterocycles. The van der Waals surface area contributed by atoms with E-state index in [1.165, 1.54) is 0 Å². The summed E-state index contributed by atoms with van der Waals surface area (Å²) >= 11 is 0. The van der Waals surface area contributed by atoms with E-state index in [0.717, 1.165) is 5.69 Å². The van der Waals surface area contributed by atoms with Gasteiger partial charge in [0.2, 0.25) is 0 Å². The average molecular weight is 217 g/mol. The third-order valence-corrected chi connectivity index (χ3v) is 2.80. The summed E-state index contributed by atoms with van der Waals surface area (Å²) in [5.74, 6) is -1.11. The Hall–Kier alpha value is -2.09. The number of carbonyl (C=O) groups is 1. The molecule has 16 heavy (non-hydrogen) atoms. The zero-order valence-corrected chi connectivity index (χ0v) is 8.63. The fraction of sp³-hybridized carbons (Fsp3) is 0.364. The molecule has 1 aliphatic rings. The molecular weight excluding hydrogens is 206 g/mol. The lowest BCUT2D eigenvalue weighted by Gasteiger charge is -2.18. The Kier molecular flexibility index (Phi) is 2.73. The number of hydrogen-bond donors (Lipinski definition) is 1. The Balaban J connectivity index is 2.21. The largest absolute Gasteiger partial charge is 0.481 e. The van der Waals surface area contributed by atoms with Gasteiger partial charge in [-0.05, 0) is 12.5 Å². The molecule has 2 rings (SSSR count). The van der Waals surface area contributed by atoms with Crippen LogP contribution in [0.1, 0.15) is 12.0 Å². The van der Waals surface area contributed by atoms with Crippen molar-refractivity contribution < 1.29 is 9.90 Å². The average Bonchev–Trinajstić information content (AvgIpc) is 2.78. The molecule has 0 amide bonds. The predicted molar refractivity (Wildman–Crippen MR) is 56.9 cm³/mol. The molecule has 1 atom stereocenters. The summed E-state index contributed by atoms with van der Waals surface area (Å²) in [6.07, 6.45) is 3.80. The van der Waals surface area contributed by atoms with E-state index < -0.39 is 5.97 Å². The van der Waals surface area contributed by atoms with E-state index in [9.17, 15) is 4.79 Å². The zero-order chi connectivity index (χ0) is 11.5. The Labute approximate surface area is 92.9 Å². The van der Waals surface area contributed by atoms with E-state index in [-0.39, 0.29) is 5.92 Å². The highest BCUT2D eigenvalue weighted by Crippen LogP contribution is 2.25. The van der Waals surface area contributed by atoms with Crippen molar-refractivity contribution in [3.63, 3.8) is 0 Å². The second-order valence-corrected chi connectivity index (χ2v) is 3.77. The van der Waals surface area contributed by atoms with Crippen LogP contribution in [-0.2, 0) is 4.79 Å². The molecule has 0 saturated carbocycles. The first-order chi connectivity index (χ1) is 7.72. The molecule has 1 aromatic rings.